The van der Waals surface area contributed by atoms with Gasteiger partial charge in [0.25, 0.3) is 11.8 Å². The van der Waals surface area contributed by atoms with Gasteiger partial charge in [-0.1, -0.05) is 30.3 Å². The van der Waals surface area contributed by atoms with Crippen LogP contribution < -0.4 is 5.32 Å². The number of rotatable bonds is 4. The average Bonchev–Trinajstić information content (AvgIpc) is 2.28. The Bertz CT molecular complexity index is 385. The lowest BCUT2D eigenvalue weighted by Crippen LogP contribution is -2.31. The Hall–Kier alpha value is -1.94. The zero-order valence-electron chi connectivity index (χ0n) is 8.97. The van der Waals surface area contributed by atoms with Gasteiger partial charge in [-0.15, -0.1) is 0 Å². The van der Waals surface area contributed by atoms with Crippen LogP contribution in [0.25, 0.3) is 6.08 Å². The molecule has 0 atom stereocenters. The number of benzene rings is 1. The standard InChI is InChI=1S/C12H13NO3/c1-16-9-12(15)13-11(14)8-7-10-5-3-2-4-6-10/h2-8H,9H2,1H3,(H,13,14,15)/b8-7+. The number of ether oxygens (including phenoxy) is 1. The van der Waals surface area contributed by atoms with Crippen LogP contribution in [0.4, 0.5) is 0 Å². The normalized spacial score (nSPS) is 10.3. The fourth-order valence-electron chi connectivity index (χ4n) is 1.08. The van der Waals surface area contributed by atoms with Gasteiger partial charge in [0.15, 0.2) is 0 Å². The van der Waals surface area contributed by atoms with Gasteiger partial charge >= 0.3 is 0 Å². The SMILES string of the molecule is COCC(=O)NC(=O)/C=C/c1ccccc1. The molecular weight excluding hydrogens is 206 g/mol. The molecule has 0 bridgehead atoms. The Morgan fingerprint density at radius 2 is 2.00 bits per heavy atom. The van der Waals surface area contributed by atoms with Crippen molar-refractivity contribution in [1.82, 2.24) is 5.32 Å². The zero-order valence-corrected chi connectivity index (χ0v) is 8.97. The molecule has 0 aliphatic rings. The van der Waals surface area contributed by atoms with E-state index in [1.165, 1.54) is 13.2 Å². The predicted molar refractivity (Wildman–Crippen MR) is 60.5 cm³/mol. The number of carbonyl (C=O) groups excluding carboxylic acids is 2. The highest BCUT2D eigenvalue weighted by Gasteiger charge is 2.02. The summed E-state index contributed by atoms with van der Waals surface area (Å²) in [6.07, 6.45) is 2.94. The van der Waals surface area contributed by atoms with Crippen LogP contribution in [0.2, 0.25) is 0 Å². The van der Waals surface area contributed by atoms with Crippen LogP contribution >= 0.6 is 0 Å². The van der Waals surface area contributed by atoms with E-state index in [4.69, 9.17) is 0 Å². The first-order valence-corrected chi connectivity index (χ1v) is 4.78. The fourth-order valence-corrected chi connectivity index (χ4v) is 1.08. The Kier molecular flexibility index (Phi) is 4.95. The first kappa shape index (κ1) is 12.1. The molecule has 0 aromatic heterocycles. The molecule has 16 heavy (non-hydrogen) atoms. The van der Waals surface area contributed by atoms with Crippen LogP contribution in [-0.2, 0) is 14.3 Å². The monoisotopic (exact) mass is 219 g/mol. The highest BCUT2D eigenvalue weighted by atomic mass is 16.5. The minimum atomic E-state index is -0.454. The van der Waals surface area contributed by atoms with Gasteiger partial charge < -0.3 is 4.74 Å². The number of imide groups is 1. The van der Waals surface area contributed by atoms with E-state index in [9.17, 15) is 9.59 Å². The van der Waals surface area contributed by atoms with Crippen molar-refractivity contribution in [2.24, 2.45) is 0 Å². The Morgan fingerprint density at radius 3 is 2.62 bits per heavy atom. The number of hydrogen-bond acceptors (Lipinski definition) is 3. The van der Waals surface area contributed by atoms with Gasteiger partial charge in [-0.25, -0.2) is 0 Å². The Morgan fingerprint density at radius 1 is 1.31 bits per heavy atom. The summed E-state index contributed by atoms with van der Waals surface area (Å²) in [5.41, 5.74) is 0.900. The van der Waals surface area contributed by atoms with E-state index in [1.807, 2.05) is 30.3 Å². The van der Waals surface area contributed by atoms with Gasteiger partial charge in [0.2, 0.25) is 0 Å². The van der Waals surface area contributed by atoms with Crippen LogP contribution in [0.5, 0.6) is 0 Å². The second kappa shape index (κ2) is 6.53. The molecule has 0 saturated heterocycles. The van der Waals surface area contributed by atoms with Gasteiger partial charge in [-0.2, -0.15) is 0 Å². The summed E-state index contributed by atoms with van der Waals surface area (Å²) in [5, 5.41) is 2.16. The molecule has 4 nitrogen and oxygen atoms in total. The molecule has 0 aliphatic heterocycles. The van der Waals surface area contributed by atoms with Crippen LogP contribution in [-0.4, -0.2) is 25.5 Å². The average molecular weight is 219 g/mol. The molecule has 4 heteroatoms. The van der Waals surface area contributed by atoms with E-state index >= 15 is 0 Å². The Labute approximate surface area is 93.9 Å². The van der Waals surface area contributed by atoms with Crippen molar-refractivity contribution in [2.75, 3.05) is 13.7 Å². The van der Waals surface area contributed by atoms with Crippen molar-refractivity contribution in [3.63, 3.8) is 0 Å². The smallest absolute Gasteiger partial charge is 0.252 e. The predicted octanol–water partition coefficient (Wildman–Crippen LogP) is 0.989. The van der Waals surface area contributed by atoms with E-state index in [0.29, 0.717) is 0 Å². The molecule has 1 aromatic carbocycles. The summed E-state index contributed by atoms with van der Waals surface area (Å²) in [5.74, 6) is -0.906. The molecule has 2 amide bonds. The molecule has 0 saturated carbocycles. The summed E-state index contributed by atoms with van der Waals surface area (Å²) in [7, 11) is 1.39. The van der Waals surface area contributed by atoms with Crippen LogP contribution in [0.1, 0.15) is 5.56 Å². The second-order valence-electron chi connectivity index (χ2n) is 3.09. The third-order valence-electron chi connectivity index (χ3n) is 1.76. The number of amides is 2. The molecule has 84 valence electrons. The molecule has 0 radical (unpaired) electrons. The van der Waals surface area contributed by atoms with Gasteiger partial charge in [-0.05, 0) is 11.6 Å². The van der Waals surface area contributed by atoms with E-state index in [2.05, 4.69) is 10.1 Å². The molecule has 1 rings (SSSR count). The Balaban J connectivity index is 2.46. The largest absolute Gasteiger partial charge is 0.375 e. The number of carbonyl (C=O) groups is 2. The molecule has 0 spiro atoms. The lowest BCUT2D eigenvalue weighted by molar-refractivity contribution is -0.130. The first-order chi connectivity index (χ1) is 7.72. The fraction of sp³-hybridized carbons (Fsp3) is 0.167. The molecule has 0 fully saturated rings. The summed E-state index contributed by atoms with van der Waals surface area (Å²) in [6, 6.07) is 9.35. The van der Waals surface area contributed by atoms with E-state index < -0.39 is 11.8 Å². The van der Waals surface area contributed by atoms with Crippen molar-refractivity contribution >= 4 is 17.9 Å². The molecule has 0 unspecified atom stereocenters. The molecule has 1 aromatic rings. The summed E-state index contributed by atoms with van der Waals surface area (Å²) < 4.78 is 4.58. The van der Waals surface area contributed by atoms with E-state index in [0.717, 1.165) is 5.56 Å². The lowest BCUT2D eigenvalue weighted by Gasteiger charge is -1.98. The highest BCUT2D eigenvalue weighted by Crippen LogP contribution is 2.00. The summed E-state index contributed by atoms with van der Waals surface area (Å²) >= 11 is 0. The zero-order chi connectivity index (χ0) is 11.8. The maximum Gasteiger partial charge on any atom is 0.252 e. The van der Waals surface area contributed by atoms with Gasteiger partial charge in [0.05, 0.1) is 0 Å². The van der Waals surface area contributed by atoms with E-state index in [-0.39, 0.29) is 6.61 Å². The van der Waals surface area contributed by atoms with Crippen LogP contribution in [0.3, 0.4) is 0 Å². The quantitative estimate of drug-likeness (QED) is 0.768. The van der Waals surface area contributed by atoms with Crippen LogP contribution in [0, 0.1) is 0 Å². The van der Waals surface area contributed by atoms with Crippen molar-refractivity contribution in [3.8, 4) is 0 Å². The third-order valence-corrected chi connectivity index (χ3v) is 1.76. The third kappa shape index (κ3) is 4.52. The maximum atomic E-state index is 11.2. The summed E-state index contributed by atoms with van der Waals surface area (Å²) in [4.78, 5) is 22.2. The molecule has 0 aliphatic carbocycles. The minimum absolute atomic E-state index is 0.120. The van der Waals surface area contributed by atoms with Crippen molar-refractivity contribution in [2.45, 2.75) is 0 Å². The topological polar surface area (TPSA) is 55.4 Å². The lowest BCUT2D eigenvalue weighted by atomic mass is 10.2. The van der Waals surface area contributed by atoms with Gasteiger partial charge in [0, 0.05) is 13.2 Å². The second-order valence-corrected chi connectivity index (χ2v) is 3.09. The van der Waals surface area contributed by atoms with Crippen molar-refractivity contribution in [1.29, 1.82) is 0 Å². The first-order valence-electron chi connectivity index (χ1n) is 4.78. The summed E-state index contributed by atoms with van der Waals surface area (Å²) in [6.45, 7) is -0.120. The van der Waals surface area contributed by atoms with Crippen molar-refractivity contribution < 1.29 is 14.3 Å². The maximum absolute atomic E-state index is 11.2. The van der Waals surface area contributed by atoms with E-state index in [1.54, 1.807) is 6.08 Å². The molecule has 0 heterocycles. The van der Waals surface area contributed by atoms with Gasteiger partial charge in [0.1, 0.15) is 6.61 Å². The van der Waals surface area contributed by atoms with Gasteiger partial charge in [-0.3, -0.25) is 14.9 Å². The highest BCUT2D eigenvalue weighted by molar-refractivity contribution is 6.03. The van der Waals surface area contributed by atoms with Crippen molar-refractivity contribution in [3.05, 3.63) is 42.0 Å². The van der Waals surface area contributed by atoms with Crippen LogP contribution in [0.15, 0.2) is 36.4 Å². The minimum Gasteiger partial charge on any atom is -0.375 e. The number of hydrogen-bond donors (Lipinski definition) is 1. The molecule has 1 N–H and O–H groups in total. The molecular formula is C12H13NO3. The number of nitrogens with one attached hydrogen (secondary N) is 1. The number of methoxy groups -OCH3 is 1.